The highest BCUT2D eigenvalue weighted by Crippen LogP contribution is 2.36. The van der Waals surface area contributed by atoms with Gasteiger partial charge >= 0.3 is 0 Å². The van der Waals surface area contributed by atoms with Crippen molar-refractivity contribution in [1.29, 1.82) is 0 Å². The smallest absolute Gasteiger partial charge is 0.123 e. The van der Waals surface area contributed by atoms with Crippen LogP contribution < -0.4 is 5.48 Å². The van der Waals surface area contributed by atoms with Crippen molar-refractivity contribution in [1.82, 2.24) is 5.48 Å². The summed E-state index contributed by atoms with van der Waals surface area (Å²) in [5, 5.41) is 8.58. The number of hydroxylamine groups is 1. The number of hydrogen-bond acceptors (Lipinski definition) is 2. The van der Waals surface area contributed by atoms with Crippen LogP contribution in [0, 0.1) is 5.82 Å². The van der Waals surface area contributed by atoms with Gasteiger partial charge in [0.1, 0.15) is 5.82 Å². The lowest BCUT2D eigenvalue weighted by Crippen LogP contribution is -2.38. The van der Waals surface area contributed by atoms with E-state index >= 15 is 0 Å². The first-order valence-corrected chi connectivity index (χ1v) is 4.44. The molecule has 0 amide bonds. The fourth-order valence-electron chi connectivity index (χ4n) is 1.76. The van der Waals surface area contributed by atoms with Crippen LogP contribution in [0.5, 0.6) is 0 Å². The largest absolute Gasteiger partial charge is 0.317 e. The van der Waals surface area contributed by atoms with Crippen molar-refractivity contribution in [2.75, 3.05) is 0 Å². The van der Waals surface area contributed by atoms with Gasteiger partial charge in [-0.05, 0) is 36.5 Å². The Hall–Kier alpha value is -0.930. The molecular formula is C10H12FNO. The third-order valence-corrected chi connectivity index (χ3v) is 2.64. The van der Waals surface area contributed by atoms with Gasteiger partial charge in [0.2, 0.25) is 0 Å². The Bertz CT molecular complexity index is 297. The van der Waals surface area contributed by atoms with Crippen molar-refractivity contribution in [2.45, 2.75) is 24.8 Å². The second kappa shape index (κ2) is 3.44. The lowest BCUT2D eigenvalue weighted by molar-refractivity contribution is 0.0782. The summed E-state index contributed by atoms with van der Waals surface area (Å²) in [7, 11) is 0. The summed E-state index contributed by atoms with van der Waals surface area (Å²) < 4.78 is 12.8. The summed E-state index contributed by atoms with van der Waals surface area (Å²) >= 11 is 0. The van der Waals surface area contributed by atoms with Crippen molar-refractivity contribution < 1.29 is 9.60 Å². The molecule has 0 aliphatic heterocycles. The van der Waals surface area contributed by atoms with Crippen molar-refractivity contribution in [2.24, 2.45) is 0 Å². The highest BCUT2D eigenvalue weighted by Gasteiger charge is 2.29. The fourth-order valence-corrected chi connectivity index (χ4v) is 1.76. The first kappa shape index (κ1) is 8.66. The van der Waals surface area contributed by atoms with E-state index in [9.17, 15) is 4.39 Å². The average molecular weight is 181 g/mol. The molecular weight excluding hydrogens is 169 g/mol. The maximum Gasteiger partial charge on any atom is 0.123 e. The van der Waals surface area contributed by atoms with Crippen LogP contribution in [0.4, 0.5) is 4.39 Å². The minimum absolute atomic E-state index is 0.182. The van der Waals surface area contributed by atoms with E-state index in [0.29, 0.717) is 5.92 Å². The van der Waals surface area contributed by atoms with Crippen LogP contribution in [0.2, 0.25) is 0 Å². The van der Waals surface area contributed by atoms with Crippen LogP contribution >= 0.6 is 0 Å². The van der Waals surface area contributed by atoms with Crippen LogP contribution in [-0.4, -0.2) is 11.2 Å². The zero-order valence-electron chi connectivity index (χ0n) is 7.20. The molecule has 1 aliphatic carbocycles. The molecule has 13 heavy (non-hydrogen) atoms. The molecule has 1 aliphatic rings. The Morgan fingerprint density at radius 3 is 2.77 bits per heavy atom. The summed E-state index contributed by atoms with van der Waals surface area (Å²) in [6.45, 7) is 0. The monoisotopic (exact) mass is 181 g/mol. The van der Waals surface area contributed by atoms with Gasteiger partial charge in [-0.2, -0.15) is 0 Å². The van der Waals surface area contributed by atoms with Gasteiger partial charge in [-0.3, -0.25) is 0 Å². The zero-order chi connectivity index (χ0) is 9.26. The van der Waals surface area contributed by atoms with Crippen molar-refractivity contribution in [3.05, 3.63) is 35.6 Å². The number of benzene rings is 1. The fraction of sp³-hybridized carbons (Fsp3) is 0.400. The normalized spacial score (nSPS) is 26.9. The van der Waals surface area contributed by atoms with Crippen molar-refractivity contribution >= 4 is 0 Å². The van der Waals surface area contributed by atoms with Gasteiger partial charge in [0, 0.05) is 6.04 Å². The van der Waals surface area contributed by atoms with Crippen LogP contribution in [0.25, 0.3) is 0 Å². The first-order chi connectivity index (χ1) is 6.29. The number of halogens is 1. The third-order valence-electron chi connectivity index (χ3n) is 2.64. The van der Waals surface area contributed by atoms with E-state index in [2.05, 4.69) is 5.48 Å². The maximum atomic E-state index is 12.8. The molecule has 1 aromatic rings. The Kier molecular flexibility index (Phi) is 2.29. The van der Waals surface area contributed by atoms with E-state index < -0.39 is 0 Å². The predicted molar refractivity (Wildman–Crippen MR) is 47.1 cm³/mol. The zero-order valence-corrected chi connectivity index (χ0v) is 7.20. The third kappa shape index (κ3) is 1.71. The van der Waals surface area contributed by atoms with Crippen LogP contribution in [0.1, 0.15) is 24.3 Å². The molecule has 0 atom stereocenters. The number of hydrogen-bond donors (Lipinski definition) is 2. The Morgan fingerprint density at radius 2 is 2.15 bits per heavy atom. The van der Waals surface area contributed by atoms with Gasteiger partial charge in [-0.25, -0.2) is 9.87 Å². The molecule has 1 aromatic carbocycles. The summed E-state index contributed by atoms with van der Waals surface area (Å²) in [5.41, 5.74) is 3.26. The molecule has 0 aromatic heterocycles. The molecule has 2 rings (SSSR count). The van der Waals surface area contributed by atoms with Crippen molar-refractivity contribution in [3.8, 4) is 0 Å². The minimum Gasteiger partial charge on any atom is -0.317 e. The van der Waals surface area contributed by atoms with E-state index in [4.69, 9.17) is 5.21 Å². The summed E-state index contributed by atoms with van der Waals surface area (Å²) in [6, 6.07) is 6.86. The maximum absolute atomic E-state index is 12.8. The summed E-state index contributed by atoms with van der Waals surface area (Å²) in [6.07, 6.45) is 1.78. The lowest BCUT2D eigenvalue weighted by atomic mass is 9.76. The second-order valence-corrected chi connectivity index (χ2v) is 3.55. The Labute approximate surface area is 76.3 Å². The van der Waals surface area contributed by atoms with E-state index in [1.165, 1.54) is 6.07 Å². The van der Waals surface area contributed by atoms with E-state index in [-0.39, 0.29) is 11.9 Å². The molecule has 0 unspecified atom stereocenters. The van der Waals surface area contributed by atoms with Gasteiger partial charge in [-0.15, -0.1) is 0 Å². The van der Waals surface area contributed by atoms with Crippen LogP contribution in [0.3, 0.4) is 0 Å². The van der Waals surface area contributed by atoms with Crippen LogP contribution in [0.15, 0.2) is 24.3 Å². The molecule has 0 bridgehead atoms. The molecule has 0 heterocycles. The Balaban J connectivity index is 2.03. The second-order valence-electron chi connectivity index (χ2n) is 3.55. The minimum atomic E-state index is -0.182. The van der Waals surface area contributed by atoms with E-state index in [0.717, 1.165) is 18.4 Å². The van der Waals surface area contributed by atoms with E-state index in [1.54, 1.807) is 12.1 Å². The predicted octanol–water partition coefficient (Wildman–Crippen LogP) is 2.05. The molecule has 70 valence electrons. The number of rotatable bonds is 2. The molecule has 2 nitrogen and oxygen atoms in total. The molecule has 3 heteroatoms. The van der Waals surface area contributed by atoms with Gasteiger partial charge in [0.15, 0.2) is 0 Å². The summed E-state index contributed by atoms with van der Waals surface area (Å²) in [4.78, 5) is 0. The Morgan fingerprint density at radius 1 is 1.38 bits per heavy atom. The average Bonchev–Trinajstić information content (AvgIpc) is 2.02. The highest BCUT2D eigenvalue weighted by atomic mass is 19.1. The topological polar surface area (TPSA) is 32.3 Å². The van der Waals surface area contributed by atoms with Crippen LogP contribution in [-0.2, 0) is 0 Å². The summed E-state index contributed by atoms with van der Waals surface area (Å²) in [5.74, 6) is 0.221. The molecule has 0 radical (unpaired) electrons. The van der Waals surface area contributed by atoms with Gasteiger partial charge in [0.05, 0.1) is 0 Å². The van der Waals surface area contributed by atoms with Gasteiger partial charge < -0.3 is 5.21 Å². The highest BCUT2D eigenvalue weighted by molar-refractivity contribution is 5.23. The number of nitrogens with one attached hydrogen (secondary N) is 1. The van der Waals surface area contributed by atoms with Gasteiger partial charge in [0.25, 0.3) is 0 Å². The molecule has 0 spiro atoms. The lowest BCUT2D eigenvalue weighted by Gasteiger charge is -2.34. The van der Waals surface area contributed by atoms with E-state index in [1.807, 2.05) is 6.07 Å². The SMILES string of the molecule is ONC1CC(c2cccc(F)c2)C1. The molecule has 1 saturated carbocycles. The molecule has 1 fully saturated rings. The standard InChI is InChI=1S/C10H12FNO/c11-9-3-1-2-7(4-9)8-5-10(6-8)12-13/h1-4,8,10,12-13H,5-6H2. The first-order valence-electron chi connectivity index (χ1n) is 4.44. The van der Waals surface area contributed by atoms with Gasteiger partial charge in [-0.1, -0.05) is 12.1 Å². The molecule has 0 saturated heterocycles. The van der Waals surface area contributed by atoms with Crippen molar-refractivity contribution in [3.63, 3.8) is 0 Å². The molecule has 2 N–H and O–H groups in total. The quantitative estimate of drug-likeness (QED) is 0.684.